The second-order valence-electron chi connectivity index (χ2n) is 3.92. The molecule has 2 heterocycles. The van der Waals surface area contributed by atoms with E-state index in [0.717, 1.165) is 4.88 Å². The van der Waals surface area contributed by atoms with Gasteiger partial charge in [-0.2, -0.15) is 0 Å². The third kappa shape index (κ3) is 2.98. The van der Waals surface area contributed by atoms with Gasteiger partial charge in [-0.15, -0.1) is 22.7 Å². The highest BCUT2D eigenvalue weighted by Crippen LogP contribution is 2.20. The molecule has 2 N–H and O–H groups in total. The van der Waals surface area contributed by atoms with Gasteiger partial charge in [-0.25, -0.2) is 0 Å². The second-order valence-corrected chi connectivity index (χ2v) is 5.94. The van der Waals surface area contributed by atoms with Gasteiger partial charge in [0.25, 0.3) is 0 Å². The number of carbonyl (C=O) groups excluding carboxylic acids is 1. The van der Waals surface area contributed by atoms with Crippen molar-refractivity contribution < 1.29 is 4.79 Å². The molecule has 2 aromatic rings. The molecule has 0 aliphatic heterocycles. The van der Waals surface area contributed by atoms with Crippen LogP contribution >= 0.6 is 22.7 Å². The molecule has 0 spiro atoms. The first-order valence-electron chi connectivity index (χ1n) is 5.82. The summed E-state index contributed by atoms with van der Waals surface area (Å²) in [5, 5.41) is 3.96. The predicted molar refractivity (Wildman–Crippen MR) is 76.7 cm³/mol. The maximum atomic E-state index is 12.3. The molecule has 0 saturated heterocycles. The van der Waals surface area contributed by atoms with Crippen LogP contribution in [0.4, 0.5) is 0 Å². The zero-order valence-electron chi connectivity index (χ0n) is 10.2. The Morgan fingerprint density at radius 1 is 1.33 bits per heavy atom. The molecule has 1 unspecified atom stereocenters. The summed E-state index contributed by atoms with van der Waals surface area (Å²) in [5.74, 6) is -0.00616. The van der Waals surface area contributed by atoms with Gasteiger partial charge in [0.1, 0.15) is 6.04 Å². The van der Waals surface area contributed by atoms with E-state index in [4.69, 9.17) is 5.73 Å². The fourth-order valence-corrected chi connectivity index (χ4v) is 3.16. The number of hydrogen-bond acceptors (Lipinski definition) is 4. The Bertz CT molecular complexity index is 479. The molecule has 1 amide bonds. The zero-order valence-corrected chi connectivity index (χ0v) is 11.8. The van der Waals surface area contributed by atoms with Crippen molar-refractivity contribution in [2.75, 3.05) is 6.54 Å². The van der Waals surface area contributed by atoms with Crippen LogP contribution < -0.4 is 5.73 Å². The number of amides is 1. The van der Waals surface area contributed by atoms with Crippen LogP contribution in [0.25, 0.3) is 0 Å². The highest BCUT2D eigenvalue weighted by Gasteiger charge is 2.22. The summed E-state index contributed by atoms with van der Waals surface area (Å²) in [6, 6.07) is 7.33. The highest BCUT2D eigenvalue weighted by atomic mass is 32.1. The molecule has 0 aliphatic rings. The highest BCUT2D eigenvalue weighted by molar-refractivity contribution is 7.10. The van der Waals surface area contributed by atoms with E-state index in [1.165, 1.54) is 16.2 Å². The minimum absolute atomic E-state index is 0.00616. The molecule has 0 aromatic carbocycles. The lowest BCUT2D eigenvalue weighted by molar-refractivity contribution is -0.133. The average molecular weight is 280 g/mol. The van der Waals surface area contributed by atoms with E-state index >= 15 is 0 Å². The molecule has 18 heavy (non-hydrogen) atoms. The third-order valence-corrected chi connectivity index (χ3v) is 4.55. The van der Waals surface area contributed by atoms with Crippen molar-refractivity contribution in [3.05, 3.63) is 44.8 Å². The fourth-order valence-electron chi connectivity index (χ4n) is 1.72. The average Bonchev–Trinajstić information content (AvgIpc) is 3.06. The number of hydrogen-bond donors (Lipinski definition) is 1. The van der Waals surface area contributed by atoms with Crippen molar-refractivity contribution in [2.45, 2.75) is 19.5 Å². The minimum Gasteiger partial charge on any atom is -0.336 e. The molecule has 1 atom stereocenters. The lowest BCUT2D eigenvalue weighted by Gasteiger charge is -2.23. The lowest BCUT2D eigenvalue weighted by Crippen LogP contribution is -2.37. The molecule has 0 saturated carbocycles. The first-order valence-corrected chi connectivity index (χ1v) is 7.58. The van der Waals surface area contributed by atoms with E-state index in [9.17, 15) is 4.79 Å². The van der Waals surface area contributed by atoms with Crippen molar-refractivity contribution in [3.8, 4) is 0 Å². The number of rotatable bonds is 5. The molecule has 3 nitrogen and oxygen atoms in total. The number of nitrogens with zero attached hydrogens (tertiary/aromatic N) is 1. The van der Waals surface area contributed by atoms with Crippen LogP contribution in [0.2, 0.25) is 0 Å². The number of carbonyl (C=O) groups is 1. The van der Waals surface area contributed by atoms with Crippen LogP contribution in [0.3, 0.4) is 0 Å². The molecular formula is C13H16N2OS2. The summed E-state index contributed by atoms with van der Waals surface area (Å²) in [6.07, 6.45) is 0. The summed E-state index contributed by atoms with van der Waals surface area (Å²) in [5.41, 5.74) is 6.01. The molecular weight excluding hydrogens is 264 g/mol. The van der Waals surface area contributed by atoms with Gasteiger partial charge in [-0.05, 0) is 29.8 Å². The van der Waals surface area contributed by atoms with Gasteiger partial charge in [0.2, 0.25) is 5.91 Å². The number of likely N-dealkylation sites (N-methyl/N-ethyl adjacent to an activating group) is 1. The van der Waals surface area contributed by atoms with Gasteiger partial charge in [0.05, 0.1) is 6.54 Å². The summed E-state index contributed by atoms with van der Waals surface area (Å²) >= 11 is 3.19. The Kier molecular flexibility index (Phi) is 4.52. The van der Waals surface area contributed by atoms with E-state index in [1.807, 2.05) is 41.9 Å². The van der Waals surface area contributed by atoms with E-state index < -0.39 is 6.04 Å². The van der Waals surface area contributed by atoms with Gasteiger partial charge >= 0.3 is 0 Å². The summed E-state index contributed by atoms with van der Waals surface area (Å²) in [4.78, 5) is 16.2. The smallest absolute Gasteiger partial charge is 0.245 e. The van der Waals surface area contributed by atoms with E-state index in [-0.39, 0.29) is 5.91 Å². The first kappa shape index (κ1) is 13.3. The van der Waals surface area contributed by atoms with Gasteiger partial charge < -0.3 is 10.6 Å². The van der Waals surface area contributed by atoms with Gasteiger partial charge in [-0.1, -0.05) is 12.1 Å². The van der Waals surface area contributed by atoms with Crippen molar-refractivity contribution in [1.82, 2.24) is 4.90 Å². The van der Waals surface area contributed by atoms with E-state index in [0.29, 0.717) is 13.1 Å². The van der Waals surface area contributed by atoms with Crippen LogP contribution in [-0.4, -0.2) is 17.4 Å². The standard InChI is InChI=1S/C13H16N2OS2/c1-2-15(9-10-5-3-7-17-10)13(16)12(14)11-6-4-8-18-11/h3-8,12H,2,9,14H2,1H3. The van der Waals surface area contributed by atoms with Crippen LogP contribution in [0.5, 0.6) is 0 Å². The molecule has 0 radical (unpaired) electrons. The molecule has 5 heteroatoms. The van der Waals surface area contributed by atoms with Crippen molar-refractivity contribution in [3.63, 3.8) is 0 Å². The van der Waals surface area contributed by atoms with Crippen LogP contribution in [-0.2, 0) is 11.3 Å². The fraction of sp³-hybridized carbons (Fsp3) is 0.308. The Morgan fingerprint density at radius 2 is 2.06 bits per heavy atom. The maximum Gasteiger partial charge on any atom is 0.245 e. The molecule has 0 fully saturated rings. The topological polar surface area (TPSA) is 46.3 Å². The Hall–Kier alpha value is -1.17. The molecule has 2 rings (SSSR count). The summed E-state index contributed by atoms with van der Waals surface area (Å²) in [6.45, 7) is 3.30. The van der Waals surface area contributed by atoms with E-state index in [1.54, 1.807) is 16.2 Å². The van der Waals surface area contributed by atoms with Crippen molar-refractivity contribution in [1.29, 1.82) is 0 Å². The van der Waals surface area contributed by atoms with Gasteiger partial charge in [-0.3, -0.25) is 4.79 Å². The number of thiophene rings is 2. The normalized spacial score (nSPS) is 12.3. The summed E-state index contributed by atoms with van der Waals surface area (Å²) in [7, 11) is 0. The Labute approximate surface area is 115 Å². The van der Waals surface area contributed by atoms with Crippen LogP contribution in [0.15, 0.2) is 35.0 Å². The SMILES string of the molecule is CCN(Cc1cccs1)C(=O)C(N)c1cccs1. The molecule has 0 aliphatic carbocycles. The van der Waals surface area contributed by atoms with Crippen molar-refractivity contribution >= 4 is 28.6 Å². The minimum atomic E-state index is -0.537. The predicted octanol–water partition coefficient (Wildman–Crippen LogP) is 2.86. The van der Waals surface area contributed by atoms with Gasteiger partial charge in [0, 0.05) is 16.3 Å². The van der Waals surface area contributed by atoms with Crippen molar-refractivity contribution in [2.24, 2.45) is 5.73 Å². The van der Waals surface area contributed by atoms with E-state index in [2.05, 4.69) is 0 Å². The zero-order chi connectivity index (χ0) is 13.0. The number of nitrogens with two attached hydrogens (primary N) is 1. The third-order valence-electron chi connectivity index (χ3n) is 2.74. The molecule has 96 valence electrons. The monoisotopic (exact) mass is 280 g/mol. The van der Waals surface area contributed by atoms with Gasteiger partial charge in [0.15, 0.2) is 0 Å². The molecule has 0 bridgehead atoms. The first-order chi connectivity index (χ1) is 8.72. The summed E-state index contributed by atoms with van der Waals surface area (Å²) < 4.78 is 0. The maximum absolute atomic E-state index is 12.3. The second kappa shape index (κ2) is 6.13. The van der Waals surface area contributed by atoms with Crippen LogP contribution in [0.1, 0.15) is 22.7 Å². The Morgan fingerprint density at radius 3 is 2.61 bits per heavy atom. The molecule has 2 aromatic heterocycles. The largest absolute Gasteiger partial charge is 0.336 e. The van der Waals surface area contributed by atoms with Crippen LogP contribution in [0, 0.1) is 0 Å². The quantitative estimate of drug-likeness (QED) is 0.915. The lowest BCUT2D eigenvalue weighted by atomic mass is 10.2. The Balaban J connectivity index is 2.05.